The van der Waals surface area contributed by atoms with Gasteiger partial charge in [0, 0.05) is 12.2 Å². The number of unbranched alkanes of at least 4 members (excludes halogenated alkanes) is 1. The minimum Gasteiger partial charge on any atom is -0.364 e. The minimum absolute atomic E-state index is 0.127. The van der Waals surface area contributed by atoms with Gasteiger partial charge in [-0.3, -0.25) is 4.79 Å². The molecule has 4 heteroatoms. The van der Waals surface area contributed by atoms with Gasteiger partial charge in [0.25, 0.3) is 0 Å². The molecule has 0 aliphatic rings. The number of thiophene rings is 1. The number of rotatable bonds is 7. The molecule has 1 aromatic heterocycles. The van der Waals surface area contributed by atoms with Crippen LogP contribution in [0.15, 0.2) is 42.5 Å². The average molecular weight is 308 g/mol. The Morgan fingerprint density at radius 1 is 1.20 bits per heavy atom. The molecule has 0 saturated heterocycles. The van der Waals surface area contributed by atoms with Crippen LogP contribution in [0.1, 0.15) is 29.4 Å². The molecule has 106 valence electrons. The van der Waals surface area contributed by atoms with Gasteiger partial charge in [-0.1, -0.05) is 43.1 Å². The molecule has 0 bridgehead atoms. The Morgan fingerprint density at radius 2 is 1.95 bits per heavy atom. The van der Waals surface area contributed by atoms with Gasteiger partial charge >= 0.3 is 0 Å². The fourth-order valence-electron chi connectivity index (χ4n) is 2.00. The van der Waals surface area contributed by atoms with Crippen LogP contribution >= 0.6 is 22.9 Å². The van der Waals surface area contributed by atoms with Crippen molar-refractivity contribution in [1.29, 1.82) is 0 Å². The number of halogens is 1. The van der Waals surface area contributed by atoms with E-state index in [2.05, 4.69) is 11.8 Å². The Kier molecular flexibility index (Phi) is 5.62. The van der Waals surface area contributed by atoms with Crippen LogP contribution in [-0.4, -0.2) is 18.9 Å². The molecule has 2 aromatic rings. The highest BCUT2D eigenvalue weighted by Crippen LogP contribution is 2.23. The van der Waals surface area contributed by atoms with Crippen molar-refractivity contribution in [2.75, 3.05) is 18.0 Å². The summed E-state index contributed by atoms with van der Waals surface area (Å²) in [6.45, 7) is 3.45. The number of carbonyl (C=O) groups is 1. The number of hydrogen-bond donors (Lipinski definition) is 0. The summed E-state index contributed by atoms with van der Waals surface area (Å²) in [4.78, 5) is 15.2. The molecule has 0 unspecified atom stereocenters. The molecule has 0 amide bonds. The molecule has 0 aliphatic heterocycles. The predicted octanol–water partition coefficient (Wildman–Crippen LogP) is 4.89. The number of ketones is 1. The Balaban J connectivity index is 2.09. The van der Waals surface area contributed by atoms with Crippen LogP contribution in [0.4, 0.5) is 5.69 Å². The first-order chi connectivity index (χ1) is 9.70. The van der Waals surface area contributed by atoms with Crippen LogP contribution in [0.5, 0.6) is 0 Å². The van der Waals surface area contributed by atoms with E-state index in [1.807, 2.05) is 30.3 Å². The molecule has 0 atom stereocenters. The summed E-state index contributed by atoms with van der Waals surface area (Å²) in [5, 5.41) is 0. The lowest BCUT2D eigenvalue weighted by Gasteiger charge is -2.23. The molecule has 1 aromatic carbocycles. The highest BCUT2D eigenvalue weighted by molar-refractivity contribution is 7.18. The summed E-state index contributed by atoms with van der Waals surface area (Å²) in [7, 11) is 0. The van der Waals surface area contributed by atoms with Gasteiger partial charge in [0.1, 0.15) is 0 Å². The smallest absolute Gasteiger partial charge is 0.192 e. The molecule has 0 spiro atoms. The van der Waals surface area contributed by atoms with Crippen molar-refractivity contribution in [3.05, 3.63) is 51.7 Å². The van der Waals surface area contributed by atoms with Crippen molar-refractivity contribution in [2.45, 2.75) is 19.8 Å². The average Bonchev–Trinajstić information content (AvgIpc) is 2.91. The van der Waals surface area contributed by atoms with Crippen LogP contribution in [0.3, 0.4) is 0 Å². The van der Waals surface area contributed by atoms with Crippen LogP contribution < -0.4 is 4.90 Å². The summed E-state index contributed by atoms with van der Waals surface area (Å²) in [6, 6.07) is 13.7. The van der Waals surface area contributed by atoms with Crippen LogP contribution in [0, 0.1) is 0 Å². The lowest BCUT2D eigenvalue weighted by molar-refractivity contribution is 0.100. The van der Waals surface area contributed by atoms with Crippen molar-refractivity contribution in [3.8, 4) is 0 Å². The first kappa shape index (κ1) is 15.1. The highest BCUT2D eigenvalue weighted by Gasteiger charge is 2.14. The van der Waals surface area contributed by atoms with E-state index in [1.165, 1.54) is 11.3 Å². The molecule has 0 saturated carbocycles. The van der Waals surface area contributed by atoms with Gasteiger partial charge < -0.3 is 4.90 Å². The SMILES string of the molecule is CCCCN(CC(=O)c1ccc(Cl)s1)c1ccccc1. The third-order valence-corrected chi connectivity index (χ3v) is 4.36. The maximum absolute atomic E-state index is 12.3. The number of anilines is 1. The second-order valence-electron chi connectivity index (χ2n) is 4.64. The molecule has 0 N–H and O–H groups in total. The van der Waals surface area contributed by atoms with Gasteiger partial charge in [-0.25, -0.2) is 0 Å². The molecule has 20 heavy (non-hydrogen) atoms. The summed E-state index contributed by atoms with van der Waals surface area (Å²) >= 11 is 7.24. The predicted molar refractivity (Wildman–Crippen MR) is 87.2 cm³/mol. The Hall–Kier alpha value is -1.32. The van der Waals surface area contributed by atoms with Crippen molar-refractivity contribution in [3.63, 3.8) is 0 Å². The van der Waals surface area contributed by atoms with Crippen LogP contribution in [-0.2, 0) is 0 Å². The number of hydrogen-bond acceptors (Lipinski definition) is 3. The van der Waals surface area contributed by atoms with Gasteiger partial charge in [-0.2, -0.15) is 0 Å². The summed E-state index contributed by atoms with van der Waals surface area (Å²) in [5.41, 5.74) is 1.09. The second-order valence-corrected chi connectivity index (χ2v) is 6.35. The van der Waals surface area contributed by atoms with Gasteiger partial charge in [-0.15, -0.1) is 11.3 Å². The highest BCUT2D eigenvalue weighted by atomic mass is 35.5. The Morgan fingerprint density at radius 3 is 2.55 bits per heavy atom. The molecule has 2 nitrogen and oxygen atoms in total. The molecule has 0 aliphatic carbocycles. The van der Waals surface area contributed by atoms with Crippen LogP contribution in [0.25, 0.3) is 0 Å². The third-order valence-electron chi connectivity index (χ3n) is 3.09. The molecule has 0 fully saturated rings. The molecular weight excluding hydrogens is 290 g/mol. The zero-order valence-electron chi connectivity index (χ0n) is 11.5. The van der Waals surface area contributed by atoms with Gasteiger partial charge in [0.15, 0.2) is 5.78 Å². The van der Waals surface area contributed by atoms with Crippen molar-refractivity contribution < 1.29 is 4.79 Å². The Labute approximate surface area is 129 Å². The van der Waals surface area contributed by atoms with Gasteiger partial charge in [0.05, 0.1) is 15.8 Å². The van der Waals surface area contributed by atoms with Crippen molar-refractivity contribution in [1.82, 2.24) is 0 Å². The lowest BCUT2D eigenvalue weighted by Crippen LogP contribution is -2.30. The molecule has 1 heterocycles. The van der Waals surface area contributed by atoms with Crippen molar-refractivity contribution in [2.24, 2.45) is 0 Å². The zero-order chi connectivity index (χ0) is 14.4. The molecule has 0 radical (unpaired) electrons. The number of nitrogens with zero attached hydrogens (tertiary/aromatic N) is 1. The van der Waals surface area contributed by atoms with E-state index >= 15 is 0 Å². The van der Waals surface area contributed by atoms with Crippen LogP contribution in [0.2, 0.25) is 4.34 Å². The molecule has 2 rings (SSSR count). The fourth-order valence-corrected chi connectivity index (χ4v) is 2.98. The van der Waals surface area contributed by atoms with E-state index in [1.54, 1.807) is 12.1 Å². The number of benzene rings is 1. The number of para-hydroxylation sites is 1. The maximum Gasteiger partial charge on any atom is 0.192 e. The van der Waals surface area contributed by atoms with E-state index < -0.39 is 0 Å². The van der Waals surface area contributed by atoms with E-state index in [0.29, 0.717) is 10.9 Å². The zero-order valence-corrected chi connectivity index (χ0v) is 13.1. The third kappa shape index (κ3) is 4.09. The first-order valence-electron chi connectivity index (χ1n) is 6.79. The van der Waals surface area contributed by atoms with Gasteiger partial charge in [0.2, 0.25) is 0 Å². The standard InChI is InChI=1S/C16H18ClNOS/c1-2-3-11-18(13-7-5-4-6-8-13)12-14(19)15-9-10-16(17)20-15/h4-10H,2-3,11-12H2,1H3. The largest absolute Gasteiger partial charge is 0.364 e. The topological polar surface area (TPSA) is 20.3 Å². The summed E-state index contributed by atoms with van der Waals surface area (Å²) < 4.78 is 0.660. The first-order valence-corrected chi connectivity index (χ1v) is 7.98. The second kappa shape index (κ2) is 7.46. The Bertz CT molecular complexity index is 553. The summed E-state index contributed by atoms with van der Waals surface area (Å²) in [6.07, 6.45) is 2.19. The quantitative estimate of drug-likeness (QED) is 0.679. The van der Waals surface area contributed by atoms with Gasteiger partial charge in [-0.05, 0) is 30.7 Å². The maximum atomic E-state index is 12.3. The van der Waals surface area contributed by atoms with Crippen molar-refractivity contribution >= 4 is 34.4 Å². The monoisotopic (exact) mass is 307 g/mol. The van der Waals surface area contributed by atoms with E-state index in [0.717, 1.165) is 30.0 Å². The fraction of sp³-hybridized carbons (Fsp3) is 0.312. The normalized spacial score (nSPS) is 10.5. The summed E-state index contributed by atoms with van der Waals surface area (Å²) in [5.74, 6) is 0.127. The van der Waals surface area contributed by atoms with E-state index in [9.17, 15) is 4.79 Å². The van der Waals surface area contributed by atoms with E-state index in [4.69, 9.17) is 11.6 Å². The lowest BCUT2D eigenvalue weighted by atomic mass is 10.2. The number of carbonyl (C=O) groups excluding carboxylic acids is 1. The number of Topliss-reactive ketones (excluding diaryl/α,β-unsaturated/α-hetero) is 1. The molecular formula is C16H18ClNOS. The van der Waals surface area contributed by atoms with E-state index in [-0.39, 0.29) is 5.78 Å². The minimum atomic E-state index is 0.127.